The molecule has 2 aliphatic rings. The quantitative estimate of drug-likeness (QED) is 0.847. The first-order valence-corrected chi connectivity index (χ1v) is 9.68. The molecule has 0 bridgehead atoms. The topological polar surface area (TPSA) is 58.1 Å². The van der Waals surface area contributed by atoms with E-state index in [2.05, 4.69) is 22.2 Å². The highest BCUT2D eigenvalue weighted by Crippen LogP contribution is 2.22. The lowest BCUT2D eigenvalue weighted by Crippen LogP contribution is -2.43. The van der Waals surface area contributed by atoms with Crippen LogP contribution in [0.5, 0.6) is 0 Å². The molecule has 1 N–H and O–H groups in total. The number of piperidine rings is 1. The number of carbonyl (C=O) groups excluding carboxylic acids is 1. The van der Waals surface area contributed by atoms with E-state index in [9.17, 15) is 4.79 Å². The molecule has 5 heteroatoms. The molecule has 132 valence electrons. The van der Waals surface area contributed by atoms with Gasteiger partial charge in [-0.2, -0.15) is 0 Å². The van der Waals surface area contributed by atoms with Crippen LogP contribution in [0.4, 0.5) is 5.95 Å². The van der Waals surface area contributed by atoms with E-state index < -0.39 is 0 Å². The van der Waals surface area contributed by atoms with Gasteiger partial charge in [-0.15, -0.1) is 0 Å². The summed E-state index contributed by atoms with van der Waals surface area (Å²) in [4.78, 5) is 23.8. The van der Waals surface area contributed by atoms with E-state index in [-0.39, 0.29) is 5.91 Å². The van der Waals surface area contributed by atoms with E-state index >= 15 is 0 Å². The molecule has 1 saturated heterocycles. The second kappa shape index (κ2) is 8.45. The van der Waals surface area contributed by atoms with Crippen LogP contribution in [0.25, 0.3) is 0 Å². The zero-order valence-corrected chi connectivity index (χ0v) is 14.8. The molecule has 1 unspecified atom stereocenters. The molecule has 5 nitrogen and oxygen atoms in total. The normalized spacial score (nSPS) is 22.9. The van der Waals surface area contributed by atoms with Crippen LogP contribution in [0.15, 0.2) is 12.3 Å². The minimum absolute atomic E-state index is 0.0628. The third-order valence-electron chi connectivity index (χ3n) is 5.42. The van der Waals surface area contributed by atoms with Crippen LogP contribution < -0.4 is 5.32 Å². The van der Waals surface area contributed by atoms with Crippen molar-refractivity contribution in [1.29, 1.82) is 0 Å². The van der Waals surface area contributed by atoms with Gasteiger partial charge in [0.1, 0.15) is 5.69 Å². The summed E-state index contributed by atoms with van der Waals surface area (Å²) >= 11 is 0. The lowest BCUT2D eigenvalue weighted by Gasteiger charge is -2.35. The summed E-state index contributed by atoms with van der Waals surface area (Å²) in [6, 6.07) is 2.55. The zero-order chi connectivity index (χ0) is 16.8. The third-order valence-corrected chi connectivity index (χ3v) is 5.42. The predicted octanol–water partition coefficient (Wildman–Crippen LogP) is 4.02. The Balaban J connectivity index is 1.68. The number of hydrogen-bond acceptors (Lipinski definition) is 4. The Hall–Kier alpha value is -1.65. The summed E-state index contributed by atoms with van der Waals surface area (Å²) < 4.78 is 0. The van der Waals surface area contributed by atoms with Gasteiger partial charge in [-0.1, -0.05) is 32.6 Å². The third kappa shape index (κ3) is 4.25. The number of rotatable bonds is 4. The van der Waals surface area contributed by atoms with Crippen LogP contribution in [0.2, 0.25) is 0 Å². The van der Waals surface area contributed by atoms with Crippen LogP contribution in [-0.4, -0.2) is 39.4 Å². The Labute approximate surface area is 145 Å². The fraction of sp³-hybridized carbons (Fsp3) is 0.737. The van der Waals surface area contributed by atoms with E-state index in [0.29, 0.717) is 23.7 Å². The van der Waals surface area contributed by atoms with Gasteiger partial charge >= 0.3 is 0 Å². The van der Waals surface area contributed by atoms with Crippen LogP contribution in [0, 0.1) is 0 Å². The number of carbonyl (C=O) groups is 1. The van der Waals surface area contributed by atoms with Gasteiger partial charge in [-0.05, 0) is 44.6 Å². The Morgan fingerprint density at radius 2 is 1.92 bits per heavy atom. The lowest BCUT2D eigenvalue weighted by atomic mass is 9.99. The average Bonchev–Trinajstić information content (AvgIpc) is 2.90. The summed E-state index contributed by atoms with van der Waals surface area (Å²) in [6.07, 6.45) is 13.7. The van der Waals surface area contributed by atoms with Crippen LogP contribution in [-0.2, 0) is 0 Å². The highest BCUT2D eigenvalue weighted by atomic mass is 16.2. The summed E-state index contributed by atoms with van der Waals surface area (Å²) in [5.41, 5.74) is 0.529. The van der Waals surface area contributed by atoms with Gasteiger partial charge in [0.25, 0.3) is 5.91 Å². The second-order valence-corrected chi connectivity index (χ2v) is 7.15. The zero-order valence-electron chi connectivity index (χ0n) is 14.8. The highest BCUT2D eigenvalue weighted by molar-refractivity contribution is 5.92. The molecule has 0 aromatic carbocycles. The predicted molar refractivity (Wildman–Crippen MR) is 96.1 cm³/mol. The van der Waals surface area contributed by atoms with Crippen molar-refractivity contribution in [2.75, 3.05) is 11.9 Å². The maximum Gasteiger partial charge on any atom is 0.272 e. The number of likely N-dealkylation sites (tertiary alicyclic amines) is 1. The van der Waals surface area contributed by atoms with Crippen molar-refractivity contribution >= 4 is 11.9 Å². The summed E-state index contributed by atoms with van der Waals surface area (Å²) in [7, 11) is 0. The monoisotopic (exact) mass is 330 g/mol. The SMILES string of the molecule is CCC1CCCCN1C(=O)c1ccnc(NC2CCCCCC2)n1. The van der Waals surface area contributed by atoms with Crippen LogP contribution in [0.1, 0.15) is 81.6 Å². The van der Waals surface area contributed by atoms with Crippen molar-refractivity contribution in [3.8, 4) is 0 Å². The van der Waals surface area contributed by atoms with Gasteiger partial charge in [0.05, 0.1) is 0 Å². The van der Waals surface area contributed by atoms with Crippen molar-refractivity contribution in [3.05, 3.63) is 18.0 Å². The van der Waals surface area contributed by atoms with Gasteiger partial charge in [0, 0.05) is 24.8 Å². The first-order valence-electron chi connectivity index (χ1n) is 9.68. The van der Waals surface area contributed by atoms with Crippen molar-refractivity contribution in [2.45, 2.75) is 83.2 Å². The summed E-state index contributed by atoms with van der Waals surface area (Å²) in [5, 5.41) is 3.45. The molecular weight excluding hydrogens is 300 g/mol. The molecule has 1 amide bonds. The smallest absolute Gasteiger partial charge is 0.272 e. The summed E-state index contributed by atoms with van der Waals surface area (Å²) in [5.74, 6) is 0.672. The largest absolute Gasteiger partial charge is 0.351 e. The van der Waals surface area contributed by atoms with Gasteiger partial charge in [0.15, 0.2) is 0 Å². The first kappa shape index (κ1) is 17.2. The average molecular weight is 330 g/mol. The van der Waals surface area contributed by atoms with E-state index in [1.165, 1.54) is 44.9 Å². The van der Waals surface area contributed by atoms with Gasteiger partial charge in [-0.3, -0.25) is 4.79 Å². The van der Waals surface area contributed by atoms with Crippen molar-refractivity contribution in [1.82, 2.24) is 14.9 Å². The van der Waals surface area contributed by atoms with Crippen molar-refractivity contribution in [2.24, 2.45) is 0 Å². The van der Waals surface area contributed by atoms with E-state index in [1.54, 1.807) is 12.3 Å². The molecule has 3 rings (SSSR count). The Morgan fingerprint density at radius 1 is 1.17 bits per heavy atom. The van der Waals surface area contributed by atoms with Gasteiger partial charge in [-0.25, -0.2) is 9.97 Å². The molecule has 2 heterocycles. The van der Waals surface area contributed by atoms with Gasteiger partial charge in [0.2, 0.25) is 5.95 Å². The maximum atomic E-state index is 12.9. The lowest BCUT2D eigenvalue weighted by molar-refractivity contribution is 0.0602. The molecule has 0 spiro atoms. The minimum Gasteiger partial charge on any atom is -0.351 e. The van der Waals surface area contributed by atoms with Crippen LogP contribution >= 0.6 is 0 Å². The number of nitrogens with zero attached hydrogens (tertiary/aromatic N) is 3. The van der Waals surface area contributed by atoms with E-state index in [1.807, 2.05) is 4.90 Å². The number of amides is 1. The number of hydrogen-bond donors (Lipinski definition) is 1. The number of anilines is 1. The second-order valence-electron chi connectivity index (χ2n) is 7.15. The molecule has 2 fully saturated rings. The number of aromatic nitrogens is 2. The fourth-order valence-electron chi connectivity index (χ4n) is 3.99. The molecule has 1 aromatic rings. The molecule has 1 aliphatic carbocycles. The Morgan fingerprint density at radius 3 is 2.67 bits per heavy atom. The standard InChI is InChI=1S/C19H30N4O/c1-2-16-11-7-8-14-23(16)18(24)17-12-13-20-19(22-17)21-15-9-5-3-4-6-10-15/h12-13,15-16H,2-11,14H2,1H3,(H,20,21,22). The molecule has 1 saturated carbocycles. The fourth-order valence-corrected chi connectivity index (χ4v) is 3.99. The van der Waals surface area contributed by atoms with E-state index in [0.717, 1.165) is 25.8 Å². The molecule has 1 aromatic heterocycles. The maximum absolute atomic E-state index is 12.9. The van der Waals surface area contributed by atoms with Crippen molar-refractivity contribution < 1.29 is 4.79 Å². The molecule has 1 aliphatic heterocycles. The first-order chi connectivity index (χ1) is 11.8. The number of nitrogens with one attached hydrogen (secondary N) is 1. The molecule has 1 atom stereocenters. The van der Waals surface area contributed by atoms with E-state index in [4.69, 9.17) is 0 Å². The highest BCUT2D eigenvalue weighted by Gasteiger charge is 2.27. The summed E-state index contributed by atoms with van der Waals surface area (Å²) in [6.45, 7) is 3.02. The molecular formula is C19H30N4O. The van der Waals surface area contributed by atoms with Crippen LogP contribution in [0.3, 0.4) is 0 Å². The Bertz CT molecular complexity index is 540. The molecule has 24 heavy (non-hydrogen) atoms. The Kier molecular flexibility index (Phi) is 6.05. The van der Waals surface area contributed by atoms with Gasteiger partial charge < -0.3 is 10.2 Å². The molecule has 0 radical (unpaired) electrons. The van der Waals surface area contributed by atoms with Crippen molar-refractivity contribution in [3.63, 3.8) is 0 Å². The minimum atomic E-state index is 0.0628.